The lowest BCUT2D eigenvalue weighted by molar-refractivity contribution is 0.282. The van der Waals surface area contributed by atoms with Crippen molar-refractivity contribution in [2.24, 2.45) is 0 Å². The molecule has 4 nitrogen and oxygen atoms in total. The van der Waals surface area contributed by atoms with E-state index in [2.05, 4.69) is 0 Å². The highest BCUT2D eigenvalue weighted by Gasteiger charge is 2.08. The number of aliphatic hydroxyl groups is 1. The van der Waals surface area contributed by atoms with Crippen LogP contribution in [0.3, 0.4) is 0 Å². The molecule has 0 spiro atoms. The minimum absolute atomic E-state index is 0.0373. The summed E-state index contributed by atoms with van der Waals surface area (Å²) in [6.07, 6.45) is 0. The number of nitrogens with zero attached hydrogens (tertiary/aromatic N) is 1. The van der Waals surface area contributed by atoms with Gasteiger partial charge in [0.15, 0.2) is 0 Å². The van der Waals surface area contributed by atoms with Gasteiger partial charge >= 0.3 is 0 Å². The van der Waals surface area contributed by atoms with Crippen molar-refractivity contribution in [2.45, 2.75) is 20.5 Å². The molecule has 1 aromatic heterocycles. The maximum Gasteiger partial charge on any atom is 0.258 e. The van der Waals surface area contributed by atoms with Crippen LogP contribution in [0.25, 0.3) is 5.69 Å². The zero-order chi connectivity index (χ0) is 13.3. The van der Waals surface area contributed by atoms with Crippen LogP contribution in [0.2, 0.25) is 0 Å². The normalized spacial score (nSPS) is 10.6. The predicted molar refractivity (Wildman–Crippen MR) is 69.1 cm³/mol. The molecule has 2 rings (SSSR count). The van der Waals surface area contributed by atoms with Gasteiger partial charge in [-0.15, -0.1) is 0 Å². The summed E-state index contributed by atoms with van der Waals surface area (Å²) in [5.41, 5.74) is 2.77. The van der Waals surface area contributed by atoms with E-state index in [-0.39, 0.29) is 17.9 Å². The van der Waals surface area contributed by atoms with Crippen molar-refractivity contribution < 1.29 is 10.2 Å². The van der Waals surface area contributed by atoms with Gasteiger partial charge < -0.3 is 10.2 Å². The maximum absolute atomic E-state index is 12.0. The summed E-state index contributed by atoms with van der Waals surface area (Å²) < 4.78 is 1.52. The van der Waals surface area contributed by atoms with Gasteiger partial charge in [0.1, 0.15) is 5.75 Å². The van der Waals surface area contributed by atoms with Crippen LogP contribution in [0.1, 0.15) is 16.8 Å². The van der Waals surface area contributed by atoms with Crippen LogP contribution in [0.15, 0.2) is 35.1 Å². The van der Waals surface area contributed by atoms with Gasteiger partial charge in [-0.3, -0.25) is 9.36 Å². The summed E-state index contributed by atoms with van der Waals surface area (Å²) in [7, 11) is 0. The van der Waals surface area contributed by atoms with E-state index in [4.69, 9.17) is 5.11 Å². The van der Waals surface area contributed by atoms with Crippen LogP contribution in [0.5, 0.6) is 5.75 Å². The standard InChI is InChI=1S/C14H15NO3/c1-9-3-4-11(8-16)6-13(9)15-10(2)5-12(17)7-14(15)18/h3-7,16-17H,8H2,1-2H3. The Kier molecular flexibility index (Phi) is 3.21. The maximum atomic E-state index is 12.0. The summed E-state index contributed by atoms with van der Waals surface area (Å²) >= 11 is 0. The summed E-state index contributed by atoms with van der Waals surface area (Å²) in [6.45, 7) is 3.58. The van der Waals surface area contributed by atoms with E-state index in [0.717, 1.165) is 16.8 Å². The number of rotatable bonds is 2. The Hall–Kier alpha value is -2.07. The van der Waals surface area contributed by atoms with Gasteiger partial charge in [-0.1, -0.05) is 12.1 Å². The van der Waals surface area contributed by atoms with Crippen molar-refractivity contribution >= 4 is 0 Å². The van der Waals surface area contributed by atoms with E-state index >= 15 is 0 Å². The van der Waals surface area contributed by atoms with Gasteiger partial charge in [0.2, 0.25) is 0 Å². The second-order valence-corrected chi connectivity index (χ2v) is 4.31. The highest BCUT2D eigenvalue weighted by Crippen LogP contribution is 2.18. The largest absolute Gasteiger partial charge is 0.508 e. The monoisotopic (exact) mass is 245 g/mol. The third-order valence-corrected chi connectivity index (χ3v) is 2.90. The molecule has 2 aromatic rings. The van der Waals surface area contributed by atoms with Crippen LogP contribution in [-0.2, 0) is 6.61 Å². The molecule has 94 valence electrons. The number of hydrogen-bond donors (Lipinski definition) is 2. The third kappa shape index (κ3) is 2.15. The smallest absolute Gasteiger partial charge is 0.258 e. The molecule has 0 aliphatic carbocycles. The van der Waals surface area contributed by atoms with Gasteiger partial charge in [0.05, 0.1) is 12.3 Å². The van der Waals surface area contributed by atoms with Crippen LogP contribution in [0.4, 0.5) is 0 Å². The summed E-state index contributed by atoms with van der Waals surface area (Å²) in [4.78, 5) is 12.0. The van der Waals surface area contributed by atoms with Crippen molar-refractivity contribution in [1.82, 2.24) is 4.57 Å². The molecule has 0 amide bonds. The second-order valence-electron chi connectivity index (χ2n) is 4.31. The first-order valence-corrected chi connectivity index (χ1v) is 5.66. The minimum Gasteiger partial charge on any atom is -0.508 e. The minimum atomic E-state index is -0.286. The number of pyridine rings is 1. The molecule has 0 saturated heterocycles. The molecule has 0 radical (unpaired) electrons. The molecule has 0 aliphatic rings. The SMILES string of the molecule is Cc1ccc(CO)cc1-n1c(C)cc(O)cc1=O. The van der Waals surface area contributed by atoms with Gasteiger partial charge in [-0.2, -0.15) is 0 Å². The Morgan fingerprint density at radius 2 is 1.89 bits per heavy atom. The molecule has 4 heteroatoms. The zero-order valence-electron chi connectivity index (χ0n) is 10.3. The second kappa shape index (κ2) is 4.66. The molecule has 0 unspecified atom stereocenters. The van der Waals surface area contributed by atoms with E-state index in [9.17, 15) is 9.90 Å². The van der Waals surface area contributed by atoms with Crippen molar-refractivity contribution in [1.29, 1.82) is 0 Å². The number of aromatic nitrogens is 1. The Balaban J connectivity index is 2.73. The fourth-order valence-corrected chi connectivity index (χ4v) is 1.99. The van der Waals surface area contributed by atoms with E-state index in [1.54, 1.807) is 13.0 Å². The van der Waals surface area contributed by atoms with E-state index in [0.29, 0.717) is 5.69 Å². The first-order valence-electron chi connectivity index (χ1n) is 5.66. The predicted octanol–water partition coefficient (Wildman–Crippen LogP) is 1.65. The fourth-order valence-electron chi connectivity index (χ4n) is 1.99. The average Bonchev–Trinajstić information content (AvgIpc) is 2.30. The summed E-state index contributed by atoms with van der Waals surface area (Å²) in [6, 6.07) is 8.17. The van der Waals surface area contributed by atoms with Gasteiger partial charge in [-0.05, 0) is 37.1 Å². The zero-order valence-corrected chi connectivity index (χ0v) is 10.3. The molecule has 0 fully saturated rings. The quantitative estimate of drug-likeness (QED) is 0.845. The first kappa shape index (κ1) is 12.4. The van der Waals surface area contributed by atoms with Crippen molar-refractivity contribution in [2.75, 3.05) is 0 Å². The number of hydrogen-bond acceptors (Lipinski definition) is 3. The van der Waals surface area contributed by atoms with Crippen LogP contribution in [-0.4, -0.2) is 14.8 Å². The molecular weight excluding hydrogens is 230 g/mol. The third-order valence-electron chi connectivity index (χ3n) is 2.90. The van der Waals surface area contributed by atoms with Crippen LogP contribution in [0, 0.1) is 13.8 Å². The molecule has 1 heterocycles. The molecule has 18 heavy (non-hydrogen) atoms. The topological polar surface area (TPSA) is 62.5 Å². The lowest BCUT2D eigenvalue weighted by atomic mass is 10.1. The first-order chi connectivity index (χ1) is 8.52. The van der Waals surface area contributed by atoms with E-state index in [1.807, 2.05) is 19.1 Å². The number of aryl methyl sites for hydroxylation is 2. The summed E-state index contributed by atoms with van der Waals surface area (Å²) in [5.74, 6) is -0.0373. The van der Waals surface area contributed by atoms with Crippen molar-refractivity contribution in [3.05, 3.63) is 57.5 Å². The number of aliphatic hydroxyl groups excluding tert-OH is 1. The number of benzene rings is 1. The lowest BCUT2D eigenvalue weighted by Gasteiger charge is -2.13. The average molecular weight is 245 g/mol. The van der Waals surface area contributed by atoms with Gasteiger partial charge in [0, 0.05) is 11.8 Å². The molecule has 2 N–H and O–H groups in total. The Morgan fingerprint density at radius 3 is 2.50 bits per heavy atom. The highest BCUT2D eigenvalue weighted by molar-refractivity contribution is 5.45. The Bertz CT molecular complexity index is 644. The molecular formula is C14H15NO3. The van der Waals surface area contributed by atoms with Crippen LogP contribution < -0.4 is 5.56 Å². The molecule has 0 saturated carbocycles. The molecule has 0 atom stereocenters. The van der Waals surface area contributed by atoms with E-state index in [1.165, 1.54) is 16.7 Å². The Labute approximate surface area is 105 Å². The van der Waals surface area contributed by atoms with Gasteiger partial charge in [0.25, 0.3) is 5.56 Å². The van der Waals surface area contributed by atoms with Gasteiger partial charge in [-0.25, -0.2) is 0 Å². The van der Waals surface area contributed by atoms with Crippen molar-refractivity contribution in [3.8, 4) is 11.4 Å². The Morgan fingerprint density at radius 1 is 1.17 bits per heavy atom. The lowest BCUT2D eigenvalue weighted by Crippen LogP contribution is -2.20. The van der Waals surface area contributed by atoms with E-state index < -0.39 is 0 Å². The molecule has 0 aliphatic heterocycles. The molecule has 0 bridgehead atoms. The fraction of sp³-hybridized carbons (Fsp3) is 0.214. The van der Waals surface area contributed by atoms with Crippen molar-refractivity contribution in [3.63, 3.8) is 0 Å². The van der Waals surface area contributed by atoms with Crippen LogP contribution >= 0.6 is 0 Å². The molecule has 1 aromatic carbocycles. The number of aromatic hydroxyl groups is 1. The highest BCUT2D eigenvalue weighted by atomic mass is 16.3. The summed E-state index contributed by atoms with van der Waals surface area (Å²) in [5, 5.41) is 18.5.